The lowest BCUT2D eigenvalue weighted by molar-refractivity contribution is -0.289. The van der Waals surface area contributed by atoms with Crippen LogP contribution in [0.4, 0.5) is 0 Å². The molecule has 0 radical (unpaired) electrons. The molecule has 0 aliphatic carbocycles. The van der Waals surface area contributed by atoms with E-state index in [-0.39, 0.29) is 0 Å². The zero-order valence-corrected chi connectivity index (χ0v) is 14.4. The highest BCUT2D eigenvalue weighted by Gasteiger charge is 2.79. The van der Waals surface area contributed by atoms with Crippen molar-refractivity contribution in [2.24, 2.45) is 16.7 Å². The number of benzene rings is 1. The molecule has 4 atom stereocenters. The standard InChI is InChI=1S/C20H15N5O2/c1-13-19(12-23)17(24)27-20(13,14-6-3-2-4-7-14)26-16(15-8-5-9-25-15)18(19,10-21)11-22/h2-9,13,16,24-25H,1H3. The van der Waals surface area contributed by atoms with E-state index in [1.54, 1.807) is 49.5 Å². The van der Waals surface area contributed by atoms with Gasteiger partial charge in [0.2, 0.25) is 17.1 Å². The highest BCUT2D eigenvalue weighted by molar-refractivity contribution is 5.89. The van der Waals surface area contributed by atoms with E-state index in [4.69, 9.17) is 14.9 Å². The molecule has 0 spiro atoms. The molecule has 0 saturated carbocycles. The number of aromatic amines is 1. The maximum absolute atomic E-state index is 10.1. The summed E-state index contributed by atoms with van der Waals surface area (Å²) < 4.78 is 12.2. The Morgan fingerprint density at radius 1 is 1.04 bits per heavy atom. The Hall–Kier alpha value is -3.60. The number of fused-ring (bicyclic) bond motifs is 2. The summed E-state index contributed by atoms with van der Waals surface area (Å²) >= 11 is 0. The van der Waals surface area contributed by atoms with Gasteiger partial charge in [0.15, 0.2) is 5.41 Å². The lowest BCUT2D eigenvalue weighted by atomic mass is 9.54. The van der Waals surface area contributed by atoms with Crippen LogP contribution in [0.15, 0.2) is 48.7 Å². The first kappa shape index (κ1) is 16.8. The second-order valence-corrected chi connectivity index (χ2v) is 6.76. The monoisotopic (exact) mass is 357 g/mol. The van der Waals surface area contributed by atoms with Gasteiger partial charge in [-0.25, -0.2) is 0 Å². The first-order valence-corrected chi connectivity index (χ1v) is 8.41. The molecule has 0 amide bonds. The fraction of sp³-hybridized carbons (Fsp3) is 0.300. The van der Waals surface area contributed by atoms with Crippen LogP contribution < -0.4 is 0 Å². The van der Waals surface area contributed by atoms with Gasteiger partial charge in [0.1, 0.15) is 6.10 Å². The Bertz CT molecular complexity index is 1010. The van der Waals surface area contributed by atoms with Gasteiger partial charge in [-0.1, -0.05) is 37.3 Å². The van der Waals surface area contributed by atoms with Crippen LogP contribution in [-0.4, -0.2) is 10.9 Å². The molecule has 132 valence electrons. The van der Waals surface area contributed by atoms with Gasteiger partial charge < -0.3 is 14.5 Å². The molecule has 1 aromatic heterocycles. The number of nitrogens with zero attached hydrogens (tertiary/aromatic N) is 3. The Balaban J connectivity index is 2.05. The predicted molar refractivity (Wildman–Crippen MR) is 92.4 cm³/mol. The van der Waals surface area contributed by atoms with Gasteiger partial charge in [-0.2, -0.15) is 15.8 Å². The van der Waals surface area contributed by atoms with Crippen LogP contribution in [0.5, 0.6) is 0 Å². The van der Waals surface area contributed by atoms with Crippen molar-refractivity contribution < 1.29 is 9.47 Å². The van der Waals surface area contributed by atoms with Crippen molar-refractivity contribution >= 4 is 5.90 Å². The third-order valence-electron chi connectivity index (χ3n) is 5.75. The molecule has 2 aromatic rings. The molecular weight excluding hydrogens is 342 g/mol. The normalized spacial score (nSPS) is 33.3. The maximum Gasteiger partial charge on any atom is 0.244 e. The molecular formula is C20H15N5O2. The second kappa shape index (κ2) is 5.45. The molecule has 27 heavy (non-hydrogen) atoms. The fourth-order valence-electron chi connectivity index (χ4n) is 4.32. The number of hydrogen-bond acceptors (Lipinski definition) is 6. The molecule has 2 aliphatic rings. The van der Waals surface area contributed by atoms with E-state index in [1.165, 1.54) is 0 Å². The van der Waals surface area contributed by atoms with E-state index >= 15 is 0 Å². The number of aromatic nitrogens is 1. The molecule has 1 aromatic carbocycles. The molecule has 2 N–H and O–H groups in total. The van der Waals surface area contributed by atoms with E-state index in [2.05, 4.69) is 11.1 Å². The molecule has 7 nitrogen and oxygen atoms in total. The minimum absolute atomic E-state index is 0.418. The first-order valence-electron chi connectivity index (χ1n) is 8.41. The first-order chi connectivity index (χ1) is 13.0. The van der Waals surface area contributed by atoms with Crippen molar-refractivity contribution in [3.05, 3.63) is 59.9 Å². The summed E-state index contributed by atoms with van der Waals surface area (Å²) in [5.74, 6) is -2.62. The van der Waals surface area contributed by atoms with Crippen LogP contribution in [-0.2, 0) is 15.3 Å². The average Bonchev–Trinajstić information content (AvgIpc) is 3.28. The molecule has 2 aliphatic heterocycles. The highest BCUT2D eigenvalue weighted by atomic mass is 16.7. The van der Waals surface area contributed by atoms with Crippen LogP contribution in [0.25, 0.3) is 0 Å². The zero-order chi connectivity index (χ0) is 19.3. The van der Waals surface area contributed by atoms with Gasteiger partial charge in [0.05, 0.1) is 24.1 Å². The molecule has 4 rings (SSSR count). The van der Waals surface area contributed by atoms with Gasteiger partial charge >= 0.3 is 0 Å². The number of hydrogen-bond donors (Lipinski definition) is 2. The van der Waals surface area contributed by atoms with Gasteiger partial charge in [-0.15, -0.1) is 0 Å². The van der Waals surface area contributed by atoms with E-state index in [9.17, 15) is 15.8 Å². The lowest BCUT2D eigenvalue weighted by Crippen LogP contribution is -2.57. The van der Waals surface area contributed by atoms with Crippen molar-refractivity contribution in [1.29, 1.82) is 21.2 Å². The molecule has 2 saturated heterocycles. The molecule has 4 unspecified atom stereocenters. The van der Waals surface area contributed by atoms with Crippen molar-refractivity contribution in [1.82, 2.24) is 4.98 Å². The summed E-state index contributed by atoms with van der Waals surface area (Å²) in [4.78, 5) is 2.98. The Morgan fingerprint density at radius 3 is 2.30 bits per heavy atom. The number of rotatable bonds is 2. The van der Waals surface area contributed by atoms with Crippen molar-refractivity contribution in [2.75, 3.05) is 0 Å². The Morgan fingerprint density at radius 2 is 1.74 bits per heavy atom. The number of nitriles is 3. The molecule has 2 fully saturated rings. The molecule has 2 bridgehead atoms. The lowest BCUT2D eigenvalue weighted by Gasteiger charge is -2.48. The summed E-state index contributed by atoms with van der Waals surface area (Å²) in [6.07, 6.45) is 0.555. The van der Waals surface area contributed by atoms with Crippen LogP contribution in [0.3, 0.4) is 0 Å². The van der Waals surface area contributed by atoms with E-state index < -0.39 is 34.5 Å². The topological polar surface area (TPSA) is 129 Å². The minimum atomic E-state index is -1.95. The van der Waals surface area contributed by atoms with Gasteiger partial charge in [0, 0.05) is 17.5 Å². The molecule has 3 heterocycles. The quantitative estimate of drug-likeness (QED) is 0.853. The van der Waals surface area contributed by atoms with E-state index in [0.717, 1.165) is 0 Å². The van der Waals surface area contributed by atoms with Crippen LogP contribution >= 0.6 is 0 Å². The SMILES string of the molecule is CC1C2(c3ccccc3)OC(=N)C1(C#N)C(C#N)(C#N)C(c1ccc[nH]1)O2. The predicted octanol–water partition coefficient (Wildman–Crippen LogP) is 3.13. The smallest absolute Gasteiger partial charge is 0.244 e. The second-order valence-electron chi connectivity index (χ2n) is 6.76. The van der Waals surface area contributed by atoms with Gasteiger partial charge in [-0.3, -0.25) is 5.41 Å². The summed E-state index contributed by atoms with van der Waals surface area (Å²) in [6, 6.07) is 18.5. The number of nitrogens with one attached hydrogen (secondary N) is 2. The number of H-pyrrole nitrogens is 1. The van der Waals surface area contributed by atoms with Crippen molar-refractivity contribution in [3.63, 3.8) is 0 Å². The number of ether oxygens (including phenoxy) is 2. The summed E-state index contributed by atoms with van der Waals surface area (Å²) in [5.41, 5.74) is -2.62. The minimum Gasteiger partial charge on any atom is -0.443 e. The summed E-state index contributed by atoms with van der Waals surface area (Å²) in [7, 11) is 0. The third-order valence-corrected chi connectivity index (χ3v) is 5.75. The average molecular weight is 357 g/mol. The van der Waals surface area contributed by atoms with E-state index in [1.807, 2.05) is 18.2 Å². The molecule has 7 heteroatoms. The van der Waals surface area contributed by atoms with Crippen molar-refractivity contribution in [3.8, 4) is 18.2 Å². The summed E-state index contributed by atoms with van der Waals surface area (Å²) in [6.45, 7) is 1.69. The van der Waals surface area contributed by atoms with Gasteiger partial charge in [-0.05, 0) is 12.1 Å². The maximum atomic E-state index is 10.1. The van der Waals surface area contributed by atoms with Crippen LogP contribution in [0.1, 0.15) is 24.3 Å². The Labute approximate surface area is 155 Å². The highest BCUT2D eigenvalue weighted by Crippen LogP contribution is 2.68. The Kier molecular flexibility index (Phi) is 3.40. The largest absolute Gasteiger partial charge is 0.443 e. The van der Waals surface area contributed by atoms with Crippen molar-refractivity contribution in [2.45, 2.75) is 18.8 Å². The zero-order valence-electron chi connectivity index (χ0n) is 14.4. The van der Waals surface area contributed by atoms with Crippen LogP contribution in [0, 0.1) is 56.2 Å². The third kappa shape index (κ3) is 1.73. The fourth-order valence-corrected chi connectivity index (χ4v) is 4.32. The van der Waals surface area contributed by atoms with E-state index in [0.29, 0.717) is 11.3 Å². The van der Waals surface area contributed by atoms with Gasteiger partial charge in [0.25, 0.3) is 0 Å². The van der Waals surface area contributed by atoms with Crippen LogP contribution in [0.2, 0.25) is 0 Å². The summed E-state index contributed by atoms with van der Waals surface area (Å²) in [5, 5.41) is 38.7.